The molecule has 0 radical (unpaired) electrons. The molecule has 0 aromatic heterocycles. The number of ether oxygens (including phenoxy) is 1. The summed E-state index contributed by atoms with van der Waals surface area (Å²) in [5.74, 6) is 1.04. The topological polar surface area (TPSA) is 9.23 Å². The van der Waals surface area contributed by atoms with Crippen molar-refractivity contribution in [2.45, 2.75) is 19.3 Å². The molecule has 4 heteroatoms. The molecule has 1 fully saturated rings. The zero-order valence-corrected chi connectivity index (χ0v) is 10.5. The van der Waals surface area contributed by atoms with Crippen LogP contribution in [0.5, 0.6) is 5.75 Å². The number of halogens is 2. The predicted molar refractivity (Wildman–Crippen MR) is 67.0 cm³/mol. The van der Waals surface area contributed by atoms with E-state index in [4.69, 9.17) is 16.3 Å². The molecule has 1 aromatic carbocycles. The van der Waals surface area contributed by atoms with Gasteiger partial charge in [0.25, 0.3) is 0 Å². The monoisotopic (exact) mass is 260 g/mol. The van der Waals surface area contributed by atoms with E-state index < -0.39 is 5.82 Å². The molecule has 1 aliphatic rings. The van der Waals surface area contributed by atoms with Gasteiger partial charge in [-0.05, 0) is 30.7 Å². The van der Waals surface area contributed by atoms with Gasteiger partial charge in [0.2, 0.25) is 0 Å². The Labute approximate surface area is 105 Å². The van der Waals surface area contributed by atoms with Crippen LogP contribution in [0.3, 0.4) is 0 Å². The molecule has 2 rings (SSSR count). The zero-order valence-electron chi connectivity index (χ0n) is 8.88. The van der Waals surface area contributed by atoms with Gasteiger partial charge in [0.05, 0.1) is 11.6 Å². The molecule has 1 aliphatic carbocycles. The van der Waals surface area contributed by atoms with Crippen LogP contribution in [0.15, 0.2) is 18.2 Å². The van der Waals surface area contributed by atoms with Crippen LogP contribution in [-0.4, -0.2) is 12.4 Å². The minimum atomic E-state index is -0.415. The first-order valence-electron chi connectivity index (χ1n) is 5.34. The van der Waals surface area contributed by atoms with Gasteiger partial charge in [-0.15, -0.1) is 0 Å². The molecular formula is C12H14ClFOS. The molecule has 0 bridgehead atoms. The fourth-order valence-electron chi connectivity index (χ4n) is 1.83. The molecule has 0 heterocycles. The molecule has 1 aromatic rings. The van der Waals surface area contributed by atoms with Crippen molar-refractivity contribution in [3.63, 3.8) is 0 Å². The van der Waals surface area contributed by atoms with E-state index in [1.807, 2.05) is 0 Å². The summed E-state index contributed by atoms with van der Waals surface area (Å²) in [5, 5.41) is 0.103. The van der Waals surface area contributed by atoms with Crippen LogP contribution in [0.2, 0.25) is 5.02 Å². The average Bonchev–Trinajstić information content (AvgIpc) is 2.22. The second-order valence-electron chi connectivity index (χ2n) is 4.38. The maximum Gasteiger partial charge on any atom is 0.142 e. The summed E-state index contributed by atoms with van der Waals surface area (Å²) in [7, 11) is 0. The Morgan fingerprint density at radius 1 is 1.44 bits per heavy atom. The normalized spacial score (nSPS) is 17.9. The van der Waals surface area contributed by atoms with Gasteiger partial charge in [-0.25, -0.2) is 4.39 Å². The first-order chi connectivity index (χ1) is 7.65. The summed E-state index contributed by atoms with van der Waals surface area (Å²) in [5.41, 5.74) is 0.212. The van der Waals surface area contributed by atoms with E-state index in [-0.39, 0.29) is 10.4 Å². The molecule has 0 atom stereocenters. The summed E-state index contributed by atoms with van der Waals surface area (Å²) in [4.78, 5) is 0. The molecule has 0 aliphatic heterocycles. The van der Waals surface area contributed by atoms with Gasteiger partial charge in [0.1, 0.15) is 11.6 Å². The highest BCUT2D eigenvalue weighted by atomic mass is 35.5. The molecule has 0 amide bonds. The average molecular weight is 261 g/mol. The molecule has 88 valence electrons. The van der Waals surface area contributed by atoms with Gasteiger partial charge in [-0.2, -0.15) is 12.6 Å². The smallest absolute Gasteiger partial charge is 0.142 e. The fraction of sp³-hybridized carbons (Fsp3) is 0.500. The standard InChI is InChI=1S/C12H14ClFOS/c13-10-6-9(2-3-11(10)14)15-7-12(8-16)4-1-5-12/h2-3,6,16H,1,4-5,7-8H2. The van der Waals surface area contributed by atoms with Crippen molar-refractivity contribution in [3.8, 4) is 5.75 Å². The van der Waals surface area contributed by atoms with Gasteiger partial charge in [-0.1, -0.05) is 18.0 Å². The maximum absolute atomic E-state index is 12.9. The molecule has 0 saturated heterocycles. The summed E-state index contributed by atoms with van der Waals surface area (Å²) in [6.45, 7) is 0.637. The summed E-state index contributed by atoms with van der Waals surface area (Å²) in [6, 6.07) is 4.44. The Bertz CT molecular complexity index is 374. The minimum Gasteiger partial charge on any atom is -0.493 e. The Hall–Kier alpha value is -0.410. The fourth-order valence-corrected chi connectivity index (χ4v) is 2.41. The molecule has 0 spiro atoms. The van der Waals surface area contributed by atoms with Crippen LogP contribution < -0.4 is 4.74 Å². The van der Waals surface area contributed by atoms with E-state index in [9.17, 15) is 4.39 Å². The zero-order chi connectivity index (χ0) is 11.6. The Balaban J connectivity index is 1.96. The van der Waals surface area contributed by atoms with Crippen molar-refractivity contribution in [2.75, 3.05) is 12.4 Å². The van der Waals surface area contributed by atoms with Gasteiger partial charge in [-0.3, -0.25) is 0 Å². The highest BCUT2D eigenvalue weighted by Gasteiger charge is 2.36. The van der Waals surface area contributed by atoms with E-state index >= 15 is 0 Å². The molecule has 0 N–H and O–H groups in total. The van der Waals surface area contributed by atoms with Crippen molar-refractivity contribution in [1.29, 1.82) is 0 Å². The number of thiol groups is 1. The molecule has 1 nitrogen and oxygen atoms in total. The number of benzene rings is 1. The van der Waals surface area contributed by atoms with Crippen molar-refractivity contribution in [2.24, 2.45) is 5.41 Å². The maximum atomic E-state index is 12.9. The van der Waals surface area contributed by atoms with Crippen molar-refractivity contribution in [1.82, 2.24) is 0 Å². The lowest BCUT2D eigenvalue weighted by Crippen LogP contribution is -2.37. The molecule has 1 saturated carbocycles. The Morgan fingerprint density at radius 2 is 2.19 bits per heavy atom. The quantitative estimate of drug-likeness (QED) is 0.807. The summed E-state index contributed by atoms with van der Waals surface area (Å²) in [6.07, 6.45) is 3.56. The SMILES string of the molecule is Fc1ccc(OCC2(CS)CCC2)cc1Cl. The number of hydrogen-bond donors (Lipinski definition) is 1. The lowest BCUT2D eigenvalue weighted by molar-refractivity contribution is 0.0829. The molecular weight excluding hydrogens is 247 g/mol. The van der Waals surface area contributed by atoms with Crippen molar-refractivity contribution < 1.29 is 9.13 Å². The highest BCUT2D eigenvalue weighted by Crippen LogP contribution is 2.42. The van der Waals surface area contributed by atoms with Crippen LogP contribution >= 0.6 is 24.2 Å². The first-order valence-corrected chi connectivity index (χ1v) is 6.35. The third-order valence-corrected chi connectivity index (χ3v) is 4.15. The third-order valence-electron chi connectivity index (χ3n) is 3.19. The summed E-state index contributed by atoms with van der Waals surface area (Å²) >= 11 is 10.0. The van der Waals surface area contributed by atoms with Gasteiger partial charge in [0.15, 0.2) is 0 Å². The second-order valence-corrected chi connectivity index (χ2v) is 5.10. The Kier molecular flexibility index (Phi) is 3.65. The predicted octanol–water partition coefficient (Wildman–Crippen LogP) is 3.96. The molecule has 16 heavy (non-hydrogen) atoms. The van der Waals surface area contributed by atoms with Crippen LogP contribution in [0, 0.1) is 11.2 Å². The van der Waals surface area contributed by atoms with Gasteiger partial charge < -0.3 is 4.74 Å². The van der Waals surface area contributed by atoms with Gasteiger partial charge in [0, 0.05) is 11.5 Å². The lowest BCUT2D eigenvalue weighted by atomic mass is 9.71. The van der Waals surface area contributed by atoms with E-state index in [2.05, 4.69) is 12.6 Å². The van der Waals surface area contributed by atoms with Crippen LogP contribution in [0.4, 0.5) is 4.39 Å². The number of rotatable bonds is 4. The van der Waals surface area contributed by atoms with Gasteiger partial charge >= 0.3 is 0 Å². The largest absolute Gasteiger partial charge is 0.493 e. The first kappa shape index (κ1) is 12.1. The van der Waals surface area contributed by atoms with Crippen molar-refractivity contribution >= 4 is 24.2 Å². The van der Waals surface area contributed by atoms with E-state index in [0.29, 0.717) is 12.4 Å². The van der Waals surface area contributed by atoms with Crippen LogP contribution in [0.25, 0.3) is 0 Å². The van der Waals surface area contributed by atoms with E-state index in [1.54, 1.807) is 6.07 Å². The van der Waals surface area contributed by atoms with Crippen LogP contribution in [-0.2, 0) is 0 Å². The van der Waals surface area contributed by atoms with Crippen LogP contribution in [0.1, 0.15) is 19.3 Å². The highest BCUT2D eigenvalue weighted by molar-refractivity contribution is 7.80. The Morgan fingerprint density at radius 3 is 2.69 bits per heavy atom. The third kappa shape index (κ3) is 2.46. The number of hydrogen-bond acceptors (Lipinski definition) is 2. The van der Waals surface area contributed by atoms with E-state index in [1.165, 1.54) is 18.6 Å². The lowest BCUT2D eigenvalue weighted by Gasteiger charge is -2.40. The minimum absolute atomic E-state index is 0.103. The van der Waals surface area contributed by atoms with E-state index in [0.717, 1.165) is 18.6 Å². The summed E-state index contributed by atoms with van der Waals surface area (Å²) < 4.78 is 18.6. The van der Waals surface area contributed by atoms with Crippen molar-refractivity contribution in [3.05, 3.63) is 29.0 Å². The molecule has 0 unspecified atom stereocenters. The second kappa shape index (κ2) is 4.84.